The third-order valence-electron chi connectivity index (χ3n) is 4.59. The summed E-state index contributed by atoms with van der Waals surface area (Å²) < 4.78 is 32.1. The summed E-state index contributed by atoms with van der Waals surface area (Å²) in [6.07, 6.45) is 3.07. The van der Waals surface area contributed by atoms with Gasteiger partial charge in [0.15, 0.2) is 11.6 Å². The number of amides is 2. The van der Waals surface area contributed by atoms with Gasteiger partial charge in [-0.25, -0.2) is 18.6 Å². The highest BCUT2D eigenvalue weighted by atomic mass is 19.2. The van der Waals surface area contributed by atoms with Gasteiger partial charge in [-0.15, -0.1) is 0 Å². The van der Waals surface area contributed by atoms with Gasteiger partial charge in [-0.1, -0.05) is 0 Å². The lowest BCUT2D eigenvalue weighted by atomic mass is 10.2. The molecule has 1 aliphatic rings. The molecule has 9 heteroatoms. The summed E-state index contributed by atoms with van der Waals surface area (Å²) in [6, 6.07) is 3.41. The number of anilines is 3. The number of morpholine rings is 1. The van der Waals surface area contributed by atoms with Crippen molar-refractivity contribution in [2.75, 3.05) is 41.8 Å². The summed E-state index contributed by atoms with van der Waals surface area (Å²) in [4.78, 5) is 21.7. The van der Waals surface area contributed by atoms with Gasteiger partial charge >= 0.3 is 6.03 Å². The normalized spacial score (nSPS) is 14.3. The van der Waals surface area contributed by atoms with Gasteiger partial charge in [0.05, 0.1) is 36.3 Å². The molecular formula is C19H19F2N5O2. The zero-order chi connectivity index (χ0) is 19.7. The molecule has 0 unspecified atom stereocenters. The molecule has 0 saturated carbocycles. The molecule has 3 N–H and O–H groups in total. The molecule has 2 amide bonds. The molecule has 0 aliphatic carbocycles. The van der Waals surface area contributed by atoms with E-state index in [1.165, 1.54) is 6.20 Å². The first kappa shape index (κ1) is 18.2. The molecule has 146 valence electrons. The molecule has 0 atom stereocenters. The Kier molecular flexibility index (Phi) is 4.82. The summed E-state index contributed by atoms with van der Waals surface area (Å²) in [5.74, 6) is -1.07. The van der Waals surface area contributed by atoms with E-state index in [9.17, 15) is 13.6 Å². The minimum absolute atomic E-state index is 0.348. The Morgan fingerprint density at radius 1 is 1.18 bits per heavy atom. The number of pyridine rings is 1. The Balaban J connectivity index is 1.46. The third-order valence-corrected chi connectivity index (χ3v) is 4.59. The van der Waals surface area contributed by atoms with Crippen LogP contribution in [0, 0.1) is 18.6 Å². The second kappa shape index (κ2) is 7.43. The van der Waals surface area contributed by atoms with E-state index in [0.29, 0.717) is 35.5 Å². The van der Waals surface area contributed by atoms with Gasteiger partial charge in [0.2, 0.25) is 0 Å². The molecule has 2 aromatic heterocycles. The standard InChI is InChI=1S/C19H19F2N5O2/c1-11-6-12(9-23-18(11)26-2-4-28-5-3-26)24-19(27)25-17-10-22-16-8-15(21)14(20)7-13(16)17/h6-10,22H,2-5H2,1H3,(H2,24,25,27). The number of urea groups is 1. The monoisotopic (exact) mass is 387 g/mol. The van der Waals surface area contributed by atoms with Crippen molar-refractivity contribution in [2.45, 2.75) is 6.92 Å². The van der Waals surface area contributed by atoms with Crippen molar-refractivity contribution >= 4 is 34.1 Å². The largest absolute Gasteiger partial charge is 0.378 e. The Hall–Kier alpha value is -3.20. The molecule has 7 nitrogen and oxygen atoms in total. The zero-order valence-corrected chi connectivity index (χ0v) is 15.2. The van der Waals surface area contributed by atoms with Gasteiger partial charge in [0.1, 0.15) is 5.82 Å². The molecule has 0 spiro atoms. The van der Waals surface area contributed by atoms with Gasteiger partial charge < -0.3 is 25.3 Å². The van der Waals surface area contributed by atoms with Crippen LogP contribution in [0.5, 0.6) is 0 Å². The SMILES string of the molecule is Cc1cc(NC(=O)Nc2c[nH]c3cc(F)c(F)cc23)cnc1N1CCOCC1. The average Bonchev–Trinajstić information content (AvgIpc) is 3.04. The van der Waals surface area contributed by atoms with Gasteiger partial charge in [-0.2, -0.15) is 0 Å². The van der Waals surface area contributed by atoms with Crippen molar-refractivity contribution in [3.63, 3.8) is 0 Å². The highest BCUT2D eigenvalue weighted by Crippen LogP contribution is 2.26. The summed E-state index contributed by atoms with van der Waals surface area (Å²) in [5.41, 5.74) is 2.20. The fourth-order valence-electron chi connectivity index (χ4n) is 3.25. The minimum atomic E-state index is -0.978. The molecule has 3 heterocycles. The van der Waals surface area contributed by atoms with Crippen molar-refractivity contribution in [3.8, 4) is 0 Å². The Morgan fingerprint density at radius 3 is 2.68 bits per heavy atom. The van der Waals surface area contributed by atoms with Crippen LogP contribution in [0.3, 0.4) is 0 Å². The summed E-state index contributed by atoms with van der Waals surface area (Å²) >= 11 is 0. The van der Waals surface area contributed by atoms with Gasteiger partial charge in [-0.3, -0.25) is 0 Å². The van der Waals surface area contributed by atoms with Gasteiger partial charge in [-0.05, 0) is 24.6 Å². The van der Waals surface area contributed by atoms with Crippen molar-refractivity contribution < 1.29 is 18.3 Å². The molecule has 1 aliphatic heterocycles. The van der Waals surface area contributed by atoms with E-state index in [1.54, 1.807) is 6.20 Å². The van der Waals surface area contributed by atoms with E-state index in [4.69, 9.17) is 4.74 Å². The number of carbonyl (C=O) groups is 1. The number of benzene rings is 1. The van der Waals surface area contributed by atoms with Crippen molar-refractivity contribution in [1.29, 1.82) is 0 Å². The van der Waals surface area contributed by atoms with Gasteiger partial charge in [0, 0.05) is 30.7 Å². The number of hydrogen-bond donors (Lipinski definition) is 3. The summed E-state index contributed by atoms with van der Waals surface area (Å²) in [7, 11) is 0. The molecule has 0 bridgehead atoms. The van der Waals surface area contributed by atoms with Crippen LogP contribution in [0.2, 0.25) is 0 Å². The van der Waals surface area contributed by atoms with Crippen LogP contribution >= 0.6 is 0 Å². The number of nitrogens with zero attached hydrogens (tertiary/aromatic N) is 2. The van der Waals surface area contributed by atoms with E-state index in [1.807, 2.05) is 13.0 Å². The van der Waals surface area contributed by atoms with Crippen molar-refractivity contribution in [3.05, 3.63) is 47.8 Å². The van der Waals surface area contributed by atoms with Crippen LogP contribution in [-0.4, -0.2) is 42.3 Å². The van der Waals surface area contributed by atoms with E-state index in [-0.39, 0.29) is 0 Å². The first-order chi connectivity index (χ1) is 13.5. The molecule has 1 fully saturated rings. The lowest BCUT2D eigenvalue weighted by molar-refractivity contribution is 0.122. The number of aromatic amines is 1. The topological polar surface area (TPSA) is 82.3 Å². The molecule has 4 rings (SSSR count). The predicted molar refractivity (Wildman–Crippen MR) is 103 cm³/mol. The maximum absolute atomic E-state index is 13.5. The number of hydrogen-bond acceptors (Lipinski definition) is 4. The molecule has 0 radical (unpaired) electrons. The lowest BCUT2D eigenvalue weighted by Crippen LogP contribution is -2.37. The number of carbonyl (C=O) groups excluding carboxylic acids is 1. The molecule has 1 aromatic carbocycles. The van der Waals surface area contributed by atoms with E-state index < -0.39 is 17.7 Å². The van der Waals surface area contributed by atoms with Crippen molar-refractivity contribution in [2.24, 2.45) is 0 Å². The predicted octanol–water partition coefficient (Wildman–Crippen LogP) is 3.63. The molecular weight excluding hydrogens is 368 g/mol. The maximum atomic E-state index is 13.5. The first-order valence-corrected chi connectivity index (χ1v) is 8.85. The number of ether oxygens (including phenoxy) is 1. The van der Waals surface area contributed by atoms with Crippen LogP contribution in [0.25, 0.3) is 10.9 Å². The lowest BCUT2D eigenvalue weighted by Gasteiger charge is -2.29. The van der Waals surface area contributed by atoms with Crippen LogP contribution in [0.1, 0.15) is 5.56 Å². The maximum Gasteiger partial charge on any atom is 0.323 e. The number of fused-ring (bicyclic) bond motifs is 1. The smallest absolute Gasteiger partial charge is 0.323 e. The first-order valence-electron chi connectivity index (χ1n) is 8.85. The fourth-order valence-corrected chi connectivity index (χ4v) is 3.25. The highest BCUT2D eigenvalue weighted by Gasteiger charge is 2.16. The van der Waals surface area contributed by atoms with E-state index >= 15 is 0 Å². The number of halogens is 2. The van der Waals surface area contributed by atoms with Crippen molar-refractivity contribution in [1.82, 2.24) is 9.97 Å². The van der Waals surface area contributed by atoms with Gasteiger partial charge in [0.25, 0.3) is 0 Å². The van der Waals surface area contributed by atoms with Crippen LogP contribution in [0.4, 0.5) is 30.8 Å². The summed E-state index contributed by atoms with van der Waals surface area (Å²) in [5, 5.41) is 5.72. The molecule has 1 saturated heterocycles. The number of nitrogens with one attached hydrogen (secondary N) is 3. The van der Waals surface area contributed by atoms with Crippen LogP contribution in [-0.2, 0) is 4.74 Å². The Bertz CT molecular complexity index is 1030. The number of H-pyrrole nitrogens is 1. The van der Waals surface area contributed by atoms with E-state index in [2.05, 4.69) is 25.5 Å². The highest BCUT2D eigenvalue weighted by molar-refractivity contribution is 6.05. The van der Waals surface area contributed by atoms with Crippen LogP contribution in [0.15, 0.2) is 30.6 Å². The quantitative estimate of drug-likeness (QED) is 0.641. The molecule has 28 heavy (non-hydrogen) atoms. The fraction of sp³-hybridized carbons (Fsp3) is 0.263. The zero-order valence-electron chi connectivity index (χ0n) is 15.2. The minimum Gasteiger partial charge on any atom is -0.378 e. The third kappa shape index (κ3) is 3.61. The Labute approximate surface area is 159 Å². The molecule has 3 aromatic rings. The van der Waals surface area contributed by atoms with Crippen LogP contribution < -0.4 is 15.5 Å². The Morgan fingerprint density at radius 2 is 1.93 bits per heavy atom. The number of aryl methyl sites for hydroxylation is 1. The second-order valence-corrected chi connectivity index (χ2v) is 6.56. The van der Waals surface area contributed by atoms with E-state index in [0.717, 1.165) is 36.6 Å². The summed E-state index contributed by atoms with van der Waals surface area (Å²) in [6.45, 7) is 4.81. The number of aromatic nitrogens is 2. The average molecular weight is 387 g/mol. The second-order valence-electron chi connectivity index (χ2n) is 6.56. The number of rotatable bonds is 3.